The molecule has 0 saturated heterocycles. The number of hydrogen-bond acceptors (Lipinski definition) is 0. The van der Waals surface area contributed by atoms with Gasteiger partial charge in [-0.25, -0.2) is 0 Å². The van der Waals surface area contributed by atoms with Gasteiger partial charge in [0, 0.05) is 5.57 Å². The summed E-state index contributed by atoms with van der Waals surface area (Å²) in [4.78, 5) is 0. The van der Waals surface area contributed by atoms with Crippen molar-refractivity contribution in [2.75, 3.05) is 0 Å². The second-order valence-electron chi connectivity index (χ2n) is 7.44. The van der Waals surface area contributed by atoms with Crippen LogP contribution in [-0.4, -0.2) is 0 Å². The normalized spacial score (nSPS) is 10.9. The van der Waals surface area contributed by atoms with E-state index in [1.165, 1.54) is 43.8 Å². The molecule has 0 spiro atoms. The van der Waals surface area contributed by atoms with Crippen LogP contribution in [0.4, 0.5) is 4.39 Å². The highest BCUT2D eigenvalue weighted by Gasteiger charge is 1.87. The molecule has 2 aromatic carbocycles. The van der Waals surface area contributed by atoms with Gasteiger partial charge in [-0.3, -0.25) is 0 Å². The van der Waals surface area contributed by atoms with Crippen molar-refractivity contribution in [3.8, 4) is 12.1 Å². The lowest BCUT2D eigenvalue weighted by Crippen LogP contribution is -1.74. The lowest BCUT2D eigenvalue weighted by molar-refractivity contribution is 0.656. The SMILES string of the molecule is CCCCCCC.C\C(C#CF)=C/C=C(C)/C=C/c1ccc(C)cc1.c1ccccc1. The molecule has 0 aliphatic carbocycles. The third kappa shape index (κ3) is 18.9. The molecule has 0 N–H and O–H groups in total. The molecule has 0 radical (unpaired) electrons. The molecule has 0 fully saturated rings. The van der Waals surface area contributed by atoms with E-state index in [1.807, 2.05) is 55.5 Å². The summed E-state index contributed by atoms with van der Waals surface area (Å²) in [5.41, 5.74) is 4.22. The first-order valence-electron chi connectivity index (χ1n) is 11.2. The molecule has 0 saturated carbocycles. The van der Waals surface area contributed by atoms with E-state index in [0.717, 1.165) is 11.1 Å². The van der Waals surface area contributed by atoms with Crippen LogP contribution >= 0.6 is 0 Å². The minimum atomic E-state index is 0.709. The van der Waals surface area contributed by atoms with E-state index in [4.69, 9.17) is 0 Å². The van der Waals surface area contributed by atoms with E-state index in [9.17, 15) is 4.39 Å². The Hall–Kier alpha value is -2.85. The third-order valence-corrected chi connectivity index (χ3v) is 4.33. The van der Waals surface area contributed by atoms with Gasteiger partial charge in [0.05, 0.1) is 0 Å². The van der Waals surface area contributed by atoms with Gasteiger partial charge < -0.3 is 0 Å². The van der Waals surface area contributed by atoms with E-state index < -0.39 is 0 Å². The van der Waals surface area contributed by atoms with Crippen molar-refractivity contribution in [3.63, 3.8) is 0 Å². The van der Waals surface area contributed by atoms with Gasteiger partial charge in [-0.2, -0.15) is 0 Å². The van der Waals surface area contributed by atoms with Crippen molar-refractivity contribution in [1.29, 1.82) is 0 Å². The number of allylic oxidation sites excluding steroid dienone is 5. The monoisotopic (exact) mass is 418 g/mol. The number of unbranched alkanes of at least 4 members (excludes halogenated alkanes) is 4. The van der Waals surface area contributed by atoms with E-state index in [-0.39, 0.29) is 0 Å². The second-order valence-corrected chi connectivity index (χ2v) is 7.44. The molecule has 1 heteroatoms. The Balaban J connectivity index is 0.000000562. The Labute approximate surface area is 190 Å². The Morgan fingerprint density at radius 1 is 0.806 bits per heavy atom. The van der Waals surface area contributed by atoms with Gasteiger partial charge in [0.15, 0.2) is 0 Å². The van der Waals surface area contributed by atoms with Crippen molar-refractivity contribution in [2.24, 2.45) is 0 Å². The van der Waals surface area contributed by atoms with Gasteiger partial charge in [-0.15, -0.1) is 4.39 Å². The summed E-state index contributed by atoms with van der Waals surface area (Å²) in [7, 11) is 0. The number of benzene rings is 2. The lowest BCUT2D eigenvalue weighted by atomic mass is 10.1. The largest absolute Gasteiger partial charge is 0.144 e. The maximum Gasteiger partial charge on any atom is 0.110 e. The summed E-state index contributed by atoms with van der Waals surface area (Å²) in [5, 5.41) is 0. The van der Waals surface area contributed by atoms with Gasteiger partial charge in [0.2, 0.25) is 0 Å². The van der Waals surface area contributed by atoms with Crippen molar-refractivity contribution in [2.45, 2.75) is 66.7 Å². The van der Waals surface area contributed by atoms with Crippen LogP contribution in [0.2, 0.25) is 0 Å². The zero-order chi connectivity index (χ0) is 23.2. The van der Waals surface area contributed by atoms with Crippen molar-refractivity contribution in [3.05, 3.63) is 101 Å². The molecule has 2 aromatic rings. The molecule has 0 atom stereocenters. The van der Waals surface area contributed by atoms with Crippen molar-refractivity contribution < 1.29 is 4.39 Å². The topological polar surface area (TPSA) is 0 Å². The Morgan fingerprint density at radius 2 is 1.32 bits per heavy atom. The van der Waals surface area contributed by atoms with Gasteiger partial charge in [0.25, 0.3) is 0 Å². The quantitative estimate of drug-likeness (QED) is 0.238. The van der Waals surface area contributed by atoms with Crippen molar-refractivity contribution in [1.82, 2.24) is 0 Å². The highest BCUT2D eigenvalue weighted by Crippen LogP contribution is 2.07. The predicted octanol–water partition coefficient (Wildman–Crippen LogP) is 9.49. The number of hydrogen-bond donors (Lipinski definition) is 0. The second kappa shape index (κ2) is 20.4. The first-order chi connectivity index (χ1) is 15.0. The molecule has 31 heavy (non-hydrogen) atoms. The first-order valence-corrected chi connectivity index (χ1v) is 11.2. The summed E-state index contributed by atoms with van der Waals surface area (Å²) in [6, 6.07) is 20.3. The molecule has 0 unspecified atom stereocenters. The number of halogens is 1. The molecule has 0 heterocycles. The summed E-state index contributed by atoms with van der Waals surface area (Å²) < 4.78 is 11.7. The molecule has 2 rings (SSSR count). The third-order valence-electron chi connectivity index (χ3n) is 4.33. The fourth-order valence-corrected chi connectivity index (χ4v) is 2.40. The van der Waals surface area contributed by atoms with Gasteiger partial charge in [0.1, 0.15) is 6.17 Å². The summed E-state index contributed by atoms with van der Waals surface area (Å²) >= 11 is 0. The van der Waals surface area contributed by atoms with Gasteiger partial charge in [-0.05, 0) is 32.3 Å². The number of rotatable bonds is 7. The highest BCUT2D eigenvalue weighted by atomic mass is 19.1. The Bertz CT molecular complexity index is 782. The van der Waals surface area contributed by atoms with Gasteiger partial charge >= 0.3 is 0 Å². The lowest BCUT2D eigenvalue weighted by Gasteiger charge is -1.95. The van der Waals surface area contributed by atoms with Crippen molar-refractivity contribution >= 4 is 6.08 Å². The average Bonchev–Trinajstić information content (AvgIpc) is 2.80. The molecule has 0 bridgehead atoms. The van der Waals surface area contributed by atoms with Crippen LogP contribution in [0.3, 0.4) is 0 Å². The predicted molar refractivity (Wildman–Crippen MR) is 137 cm³/mol. The molecule has 0 aliphatic heterocycles. The summed E-state index contributed by atoms with van der Waals surface area (Å²) in [6.07, 6.45) is 16.2. The van der Waals surface area contributed by atoms with Crippen LogP contribution in [-0.2, 0) is 0 Å². The molecule has 0 aromatic heterocycles. The standard InChI is InChI=1S/C17H17F.C7H16.C6H6/c1-14(4-5-16(3)12-13-18)6-9-17-10-7-15(2)8-11-17;1-3-5-7-6-4-2;1-2-4-6-5-3-1/h4-11H,1-3H3;3-7H2,1-2H3;1-6H/b9-6+,14-4+,16-5+;;. The minimum Gasteiger partial charge on any atom is -0.144 e. The zero-order valence-electron chi connectivity index (χ0n) is 20.0. The zero-order valence-corrected chi connectivity index (χ0v) is 20.0. The van der Waals surface area contributed by atoms with Crippen LogP contribution in [0.25, 0.3) is 6.08 Å². The average molecular weight is 419 g/mol. The molecule has 0 nitrogen and oxygen atoms in total. The van der Waals surface area contributed by atoms with E-state index in [0.29, 0.717) is 5.57 Å². The van der Waals surface area contributed by atoms with Crippen LogP contribution in [0.15, 0.2) is 90.0 Å². The Morgan fingerprint density at radius 3 is 1.77 bits per heavy atom. The smallest absolute Gasteiger partial charge is 0.110 e. The fraction of sp³-hybridized carbons (Fsp3) is 0.333. The van der Waals surface area contributed by atoms with Crippen LogP contribution < -0.4 is 0 Å². The maximum atomic E-state index is 11.7. The van der Waals surface area contributed by atoms with Crippen LogP contribution in [0, 0.1) is 19.0 Å². The first kappa shape index (κ1) is 28.2. The Kier molecular flexibility index (Phi) is 18.5. The summed E-state index contributed by atoms with van der Waals surface area (Å²) in [5.74, 6) is 2.36. The molecular weight excluding hydrogens is 379 g/mol. The van der Waals surface area contributed by atoms with Gasteiger partial charge in [-0.1, -0.05) is 142 Å². The molecule has 0 aliphatic rings. The molecule has 166 valence electrons. The molecule has 0 amide bonds. The van der Waals surface area contributed by atoms with Crippen LogP contribution in [0.5, 0.6) is 0 Å². The van der Waals surface area contributed by atoms with E-state index in [1.54, 1.807) is 13.0 Å². The summed E-state index contributed by atoms with van der Waals surface area (Å²) in [6.45, 7) is 10.3. The highest BCUT2D eigenvalue weighted by molar-refractivity contribution is 5.53. The minimum absolute atomic E-state index is 0.709. The fourth-order valence-electron chi connectivity index (χ4n) is 2.40. The van der Waals surface area contributed by atoms with E-state index in [2.05, 4.69) is 57.0 Å². The molecular formula is C30H39F. The van der Waals surface area contributed by atoms with E-state index >= 15 is 0 Å². The van der Waals surface area contributed by atoms with Crippen LogP contribution in [0.1, 0.15) is 70.9 Å². The number of aryl methyl sites for hydroxylation is 1. The maximum absolute atomic E-state index is 11.7.